The molecule has 0 saturated heterocycles. The minimum Gasteiger partial charge on any atom is -0.480 e. The number of nitrogens with one attached hydrogen (secondary N) is 1. The minimum absolute atomic E-state index is 0.172. The largest absolute Gasteiger partial charge is 0.480 e. The van der Waals surface area contributed by atoms with Crippen LogP contribution in [0.1, 0.15) is 23.7 Å². The van der Waals surface area contributed by atoms with Gasteiger partial charge in [-0.25, -0.2) is 4.39 Å². The fourth-order valence-electron chi connectivity index (χ4n) is 1.60. The third kappa shape index (κ3) is 6.04. The number of hydrogen-bond donors (Lipinski definition) is 2. The van der Waals surface area contributed by atoms with Gasteiger partial charge in [0.2, 0.25) is 5.91 Å². The van der Waals surface area contributed by atoms with Crippen molar-refractivity contribution in [2.75, 3.05) is 6.54 Å². The van der Waals surface area contributed by atoms with Crippen LogP contribution in [0.2, 0.25) is 0 Å². The number of halogens is 1. The summed E-state index contributed by atoms with van der Waals surface area (Å²) in [4.78, 5) is 45.5. The number of carboxylic acids is 1. The molecule has 1 amide bonds. The Hall–Kier alpha value is -2.22. The van der Waals surface area contributed by atoms with E-state index in [0.29, 0.717) is 11.8 Å². The molecule has 8 heteroatoms. The maximum absolute atomic E-state index is 12.9. The fraction of sp³-hybridized carbons (Fsp3) is 0.286. The highest BCUT2D eigenvalue weighted by Gasteiger charge is 2.25. The molecule has 0 aliphatic heterocycles. The van der Waals surface area contributed by atoms with Crippen LogP contribution in [0.4, 0.5) is 4.39 Å². The van der Waals surface area contributed by atoms with Crippen molar-refractivity contribution < 1.29 is 28.7 Å². The highest BCUT2D eigenvalue weighted by Crippen LogP contribution is 2.21. The number of ketones is 1. The van der Waals surface area contributed by atoms with Crippen molar-refractivity contribution in [3.05, 3.63) is 35.6 Å². The van der Waals surface area contributed by atoms with Gasteiger partial charge in [0.25, 0.3) is 0 Å². The SMILES string of the molecule is CC(=O)SC(CC(=O)NCC(=O)O)C(=O)c1ccc(F)cc1. The molecule has 22 heavy (non-hydrogen) atoms. The molecule has 1 aromatic rings. The Morgan fingerprint density at radius 2 is 1.82 bits per heavy atom. The third-order valence-corrected chi connectivity index (χ3v) is 3.53. The normalized spacial score (nSPS) is 11.5. The first-order valence-electron chi connectivity index (χ1n) is 6.25. The van der Waals surface area contributed by atoms with E-state index in [9.17, 15) is 23.6 Å². The first-order chi connectivity index (χ1) is 10.3. The van der Waals surface area contributed by atoms with E-state index >= 15 is 0 Å². The zero-order chi connectivity index (χ0) is 16.7. The Balaban J connectivity index is 2.80. The van der Waals surface area contributed by atoms with E-state index in [1.165, 1.54) is 19.1 Å². The lowest BCUT2D eigenvalue weighted by atomic mass is 10.1. The quantitative estimate of drug-likeness (QED) is 0.731. The summed E-state index contributed by atoms with van der Waals surface area (Å²) < 4.78 is 12.9. The van der Waals surface area contributed by atoms with Crippen LogP contribution in [0.25, 0.3) is 0 Å². The van der Waals surface area contributed by atoms with Crippen LogP contribution in [-0.4, -0.2) is 39.7 Å². The van der Waals surface area contributed by atoms with Crippen molar-refractivity contribution in [2.45, 2.75) is 18.6 Å². The monoisotopic (exact) mass is 327 g/mol. The summed E-state index contributed by atoms with van der Waals surface area (Å²) in [6, 6.07) is 4.74. The van der Waals surface area contributed by atoms with Crippen molar-refractivity contribution in [3.8, 4) is 0 Å². The third-order valence-electron chi connectivity index (χ3n) is 2.54. The molecule has 0 heterocycles. The molecule has 0 radical (unpaired) electrons. The predicted octanol–water partition coefficient (Wildman–Crippen LogP) is 1.25. The number of thioether (sulfide) groups is 1. The van der Waals surface area contributed by atoms with Gasteiger partial charge in [0.15, 0.2) is 10.9 Å². The molecular weight excluding hydrogens is 313 g/mol. The summed E-state index contributed by atoms with van der Waals surface area (Å²) in [5.74, 6) is -2.87. The van der Waals surface area contributed by atoms with E-state index in [-0.39, 0.29) is 17.1 Å². The van der Waals surface area contributed by atoms with Gasteiger partial charge in [-0.1, -0.05) is 11.8 Å². The number of Topliss-reactive ketones (excluding diaryl/α,β-unsaturated/α-hetero) is 1. The average Bonchev–Trinajstić information content (AvgIpc) is 2.44. The van der Waals surface area contributed by atoms with Gasteiger partial charge in [-0.05, 0) is 24.3 Å². The van der Waals surface area contributed by atoms with E-state index in [1.807, 2.05) is 0 Å². The Kier molecular flexibility index (Phi) is 6.71. The topological polar surface area (TPSA) is 101 Å². The maximum Gasteiger partial charge on any atom is 0.322 e. The van der Waals surface area contributed by atoms with Gasteiger partial charge in [0.05, 0.1) is 5.25 Å². The van der Waals surface area contributed by atoms with Crippen LogP contribution in [0.5, 0.6) is 0 Å². The Morgan fingerprint density at radius 3 is 2.32 bits per heavy atom. The summed E-state index contributed by atoms with van der Waals surface area (Å²) in [5.41, 5.74) is 0.172. The fourth-order valence-corrected chi connectivity index (χ4v) is 2.48. The predicted molar refractivity (Wildman–Crippen MR) is 78.1 cm³/mol. The summed E-state index contributed by atoms with van der Waals surface area (Å²) >= 11 is 0.679. The van der Waals surface area contributed by atoms with E-state index < -0.39 is 35.3 Å². The van der Waals surface area contributed by atoms with Crippen LogP contribution in [0, 0.1) is 5.82 Å². The number of benzene rings is 1. The van der Waals surface area contributed by atoms with Crippen LogP contribution in [0.15, 0.2) is 24.3 Å². The Labute approximate surface area is 130 Å². The summed E-state index contributed by atoms with van der Waals surface area (Å²) in [7, 11) is 0. The maximum atomic E-state index is 12.9. The zero-order valence-corrected chi connectivity index (χ0v) is 12.5. The highest BCUT2D eigenvalue weighted by atomic mass is 32.2. The van der Waals surface area contributed by atoms with Crippen molar-refractivity contribution in [2.24, 2.45) is 0 Å². The Bertz CT molecular complexity index is 587. The number of carbonyl (C=O) groups is 4. The standard InChI is InChI=1S/C14H14FNO5S/c1-8(17)22-11(6-12(18)16-7-13(19)20)14(21)9-2-4-10(15)5-3-9/h2-5,11H,6-7H2,1H3,(H,16,18)(H,19,20). The van der Waals surface area contributed by atoms with Gasteiger partial charge < -0.3 is 10.4 Å². The van der Waals surface area contributed by atoms with Gasteiger partial charge in [-0.2, -0.15) is 0 Å². The molecule has 1 unspecified atom stereocenters. The molecule has 1 aromatic carbocycles. The number of aliphatic carboxylic acids is 1. The number of amides is 1. The molecule has 1 atom stereocenters. The molecule has 0 fully saturated rings. The molecular formula is C14H14FNO5S. The van der Waals surface area contributed by atoms with Gasteiger partial charge in [-0.15, -0.1) is 0 Å². The first kappa shape index (κ1) is 17.8. The summed E-state index contributed by atoms with van der Waals surface area (Å²) in [6.45, 7) is 0.686. The second-order valence-electron chi connectivity index (χ2n) is 4.34. The summed E-state index contributed by atoms with van der Waals surface area (Å²) in [5, 5.41) is 9.26. The lowest BCUT2D eigenvalue weighted by Crippen LogP contribution is -2.33. The molecule has 0 bridgehead atoms. The molecule has 2 N–H and O–H groups in total. The van der Waals surface area contributed by atoms with E-state index in [0.717, 1.165) is 12.1 Å². The molecule has 1 rings (SSSR count). The summed E-state index contributed by atoms with van der Waals surface area (Å²) in [6.07, 6.45) is -0.340. The van der Waals surface area contributed by atoms with Crippen LogP contribution >= 0.6 is 11.8 Å². The Morgan fingerprint density at radius 1 is 1.23 bits per heavy atom. The van der Waals surface area contributed by atoms with Crippen molar-refractivity contribution in [1.82, 2.24) is 5.32 Å². The van der Waals surface area contributed by atoms with E-state index in [4.69, 9.17) is 5.11 Å². The molecule has 0 spiro atoms. The second kappa shape index (κ2) is 8.28. The van der Waals surface area contributed by atoms with Gasteiger partial charge in [0.1, 0.15) is 12.4 Å². The minimum atomic E-state index is -1.21. The second-order valence-corrected chi connectivity index (χ2v) is 5.72. The number of carbonyl (C=O) groups excluding carboxylic acids is 3. The van der Waals surface area contributed by atoms with Gasteiger partial charge in [-0.3, -0.25) is 19.2 Å². The van der Waals surface area contributed by atoms with E-state index in [1.54, 1.807) is 0 Å². The van der Waals surface area contributed by atoms with Crippen LogP contribution in [0.3, 0.4) is 0 Å². The van der Waals surface area contributed by atoms with E-state index in [2.05, 4.69) is 5.32 Å². The van der Waals surface area contributed by atoms with Crippen molar-refractivity contribution in [1.29, 1.82) is 0 Å². The molecule has 0 saturated carbocycles. The van der Waals surface area contributed by atoms with Gasteiger partial charge >= 0.3 is 5.97 Å². The molecule has 0 aromatic heterocycles. The number of hydrogen-bond acceptors (Lipinski definition) is 5. The van der Waals surface area contributed by atoms with Crippen molar-refractivity contribution >= 4 is 34.5 Å². The molecule has 6 nitrogen and oxygen atoms in total. The molecule has 118 valence electrons. The average molecular weight is 327 g/mol. The lowest BCUT2D eigenvalue weighted by molar-refractivity contribution is -0.137. The van der Waals surface area contributed by atoms with Gasteiger partial charge in [0, 0.05) is 18.9 Å². The lowest BCUT2D eigenvalue weighted by Gasteiger charge is -2.13. The highest BCUT2D eigenvalue weighted by molar-refractivity contribution is 8.14. The molecule has 0 aliphatic carbocycles. The van der Waals surface area contributed by atoms with Crippen molar-refractivity contribution in [3.63, 3.8) is 0 Å². The van der Waals surface area contributed by atoms with Crippen LogP contribution in [-0.2, 0) is 14.4 Å². The van der Waals surface area contributed by atoms with Crippen LogP contribution < -0.4 is 5.32 Å². The first-order valence-corrected chi connectivity index (χ1v) is 7.13. The zero-order valence-electron chi connectivity index (χ0n) is 11.7. The number of carboxylic acid groups (broad SMARTS) is 1. The number of rotatable bonds is 7. The smallest absolute Gasteiger partial charge is 0.322 e. The molecule has 0 aliphatic rings.